The molecule has 0 saturated carbocycles. The molecule has 3 heteroatoms. The maximum Gasteiger partial charge on any atom is 0.221 e. The zero-order valence-electron chi connectivity index (χ0n) is 11.5. The second-order valence-electron chi connectivity index (χ2n) is 4.40. The lowest BCUT2D eigenvalue weighted by atomic mass is 10.1. The fourth-order valence-electron chi connectivity index (χ4n) is 1.85. The molecule has 0 heterocycles. The van der Waals surface area contributed by atoms with Crippen LogP contribution in [0.25, 0.3) is 0 Å². The highest BCUT2D eigenvalue weighted by Crippen LogP contribution is 2.08. The quantitative estimate of drug-likeness (QED) is 0.693. The van der Waals surface area contributed by atoms with Gasteiger partial charge in [-0.3, -0.25) is 4.79 Å². The largest absolute Gasteiger partial charge is 0.356 e. The van der Waals surface area contributed by atoms with Crippen molar-refractivity contribution in [3.63, 3.8) is 0 Å². The van der Waals surface area contributed by atoms with Gasteiger partial charge in [0.25, 0.3) is 0 Å². The van der Waals surface area contributed by atoms with Crippen LogP contribution in [0.4, 0.5) is 0 Å². The van der Waals surface area contributed by atoms with Crippen LogP contribution in [0.1, 0.15) is 37.8 Å². The van der Waals surface area contributed by atoms with Crippen LogP contribution in [0, 0.1) is 0 Å². The Balaban J connectivity index is 2.23. The van der Waals surface area contributed by atoms with Crippen molar-refractivity contribution in [3.8, 4) is 0 Å². The molecule has 0 aromatic heterocycles. The highest BCUT2D eigenvalue weighted by Gasteiger charge is 2.01. The number of hydrogen-bond acceptors (Lipinski definition) is 2. The van der Waals surface area contributed by atoms with Crippen molar-refractivity contribution in [3.05, 3.63) is 35.4 Å². The summed E-state index contributed by atoms with van der Waals surface area (Å²) in [6, 6.07) is 8.43. The van der Waals surface area contributed by atoms with Crippen LogP contribution >= 0.6 is 0 Å². The van der Waals surface area contributed by atoms with Crippen molar-refractivity contribution in [1.82, 2.24) is 10.6 Å². The minimum absolute atomic E-state index is 0.133. The lowest BCUT2D eigenvalue weighted by Gasteiger charge is -2.09. The highest BCUT2D eigenvalue weighted by atomic mass is 16.1. The van der Waals surface area contributed by atoms with Crippen LogP contribution in [0.2, 0.25) is 0 Å². The third-order valence-electron chi connectivity index (χ3n) is 2.92. The summed E-state index contributed by atoms with van der Waals surface area (Å²) >= 11 is 0. The van der Waals surface area contributed by atoms with Crippen LogP contribution in [0.5, 0.6) is 0 Å². The summed E-state index contributed by atoms with van der Waals surface area (Å²) < 4.78 is 0. The second kappa shape index (κ2) is 8.70. The topological polar surface area (TPSA) is 41.1 Å². The number of nitrogens with one attached hydrogen (secondary N) is 2. The number of hydrogen-bond donors (Lipinski definition) is 2. The first-order valence-electron chi connectivity index (χ1n) is 6.82. The molecule has 0 aliphatic heterocycles. The number of rotatable bonds is 8. The second-order valence-corrected chi connectivity index (χ2v) is 4.40. The lowest BCUT2D eigenvalue weighted by Crippen LogP contribution is -2.28. The Labute approximate surface area is 110 Å². The lowest BCUT2D eigenvalue weighted by molar-refractivity contribution is -0.120. The SMILES string of the molecule is CCCNC(=O)CCNCc1ccccc1CC. The molecule has 18 heavy (non-hydrogen) atoms. The zero-order chi connectivity index (χ0) is 13.2. The molecular formula is C15H24N2O. The molecule has 0 radical (unpaired) electrons. The molecule has 1 aromatic rings. The van der Waals surface area contributed by atoms with Crippen LogP contribution in [0.3, 0.4) is 0 Å². The normalized spacial score (nSPS) is 10.3. The molecule has 3 nitrogen and oxygen atoms in total. The van der Waals surface area contributed by atoms with Gasteiger partial charge in [0.2, 0.25) is 5.91 Å². The van der Waals surface area contributed by atoms with E-state index in [-0.39, 0.29) is 5.91 Å². The van der Waals surface area contributed by atoms with E-state index in [1.165, 1.54) is 11.1 Å². The van der Waals surface area contributed by atoms with E-state index in [1.807, 2.05) is 0 Å². The van der Waals surface area contributed by atoms with Gasteiger partial charge < -0.3 is 10.6 Å². The maximum atomic E-state index is 11.4. The Kier molecular flexibility index (Phi) is 7.11. The van der Waals surface area contributed by atoms with Gasteiger partial charge in [-0.05, 0) is 24.0 Å². The van der Waals surface area contributed by atoms with Gasteiger partial charge in [0.15, 0.2) is 0 Å². The van der Waals surface area contributed by atoms with Gasteiger partial charge in [0.1, 0.15) is 0 Å². The average Bonchev–Trinajstić information content (AvgIpc) is 2.41. The number of carbonyl (C=O) groups excluding carboxylic acids is 1. The Morgan fingerprint density at radius 2 is 1.83 bits per heavy atom. The third kappa shape index (κ3) is 5.32. The molecule has 0 fully saturated rings. The molecule has 0 saturated heterocycles. The third-order valence-corrected chi connectivity index (χ3v) is 2.92. The first-order chi connectivity index (χ1) is 8.77. The molecular weight excluding hydrogens is 224 g/mol. The van der Waals surface area contributed by atoms with Crippen molar-refractivity contribution in [2.75, 3.05) is 13.1 Å². The number of benzene rings is 1. The van der Waals surface area contributed by atoms with E-state index in [4.69, 9.17) is 0 Å². The summed E-state index contributed by atoms with van der Waals surface area (Å²) in [5.74, 6) is 0.133. The summed E-state index contributed by atoms with van der Waals surface area (Å²) in [6.45, 7) is 6.56. The summed E-state index contributed by atoms with van der Waals surface area (Å²) in [5, 5.41) is 6.20. The first-order valence-corrected chi connectivity index (χ1v) is 6.82. The predicted octanol–water partition coefficient (Wildman–Crippen LogP) is 2.25. The van der Waals surface area contributed by atoms with Gasteiger partial charge in [-0.15, -0.1) is 0 Å². The van der Waals surface area contributed by atoms with Crippen molar-refractivity contribution < 1.29 is 4.79 Å². The van der Waals surface area contributed by atoms with Crippen molar-refractivity contribution >= 4 is 5.91 Å². The smallest absolute Gasteiger partial charge is 0.221 e. The van der Waals surface area contributed by atoms with Crippen molar-refractivity contribution in [2.24, 2.45) is 0 Å². The minimum Gasteiger partial charge on any atom is -0.356 e. The minimum atomic E-state index is 0.133. The Bertz CT molecular complexity index is 363. The fraction of sp³-hybridized carbons (Fsp3) is 0.533. The summed E-state index contributed by atoms with van der Waals surface area (Å²) in [7, 11) is 0. The molecule has 0 aliphatic carbocycles. The summed E-state index contributed by atoms with van der Waals surface area (Å²) in [5.41, 5.74) is 2.70. The van der Waals surface area contributed by atoms with Crippen molar-refractivity contribution in [1.29, 1.82) is 0 Å². The summed E-state index contributed by atoms with van der Waals surface area (Å²) in [6.07, 6.45) is 2.59. The number of carbonyl (C=O) groups is 1. The molecule has 0 bridgehead atoms. The molecule has 1 aromatic carbocycles. The molecule has 100 valence electrons. The highest BCUT2D eigenvalue weighted by molar-refractivity contribution is 5.75. The maximum absolute atomic E-state index is 11.4. The van der Waals surface area contributed by atoms with E-state index >= 15 is 0 Å². The van der Waals surface area contributed by atoms with Crippen LogP contribution in [-0.4, -0.2) is 19.0 Å². The first kappa shape index (κ1) is 14.7. The molecule has 0 spiro atoms. The van der Waals surface area contributed by atoms with Crippen LogP contribution in [-0.2, 0) is 17.8 Å². The van der Waals surface area contributed by atoms with E-state index in [9.17, 15) is 4.79 Å². The number of aryl methyl sites for hydroxylation is 1. The van der Waals surface area contributed by atoms with E-state index in [0.29, 0.717) is 6.42 Å². The number of amides is 1. The molecule has 0 unspecified atom stereocenters. The van der Waals surface area contributed by atoms with Gasteiger partial charge in [-0.25, -0.2) is 0 Å². The van der Waals surface area contributed by atoms with E-state index in [1.54, 1.807) is 0 Å². The fourth-order valence-corrected chi connectivity index (χ4v) is 1.85. The summed E-state index contributed by atoms with van der Waals surface area (Å²) in [4.78, 5) is 11.4. The molecule has 0 atom stereocenters. The van der Waals surface area contributed by atoms with Gasteiger partial charge in [0, 0.05) is 26.1 Å². The van der Waals surface area contributed by atoms with E-state index in [0.717, 1.165) is 32.5 Å². The molecule has 2 N–H and O–H groups in total. The van der Waals surface area contributed by atoms with Gasteiger partial charge in [0.05, 0.1) is 0 Å². The van der Waals surface area contributed by atoms with Gasteiger partial charge in [-0.1, -0.05) is 38.1 Å². The van der Waals surface area contributed by atoms with Crippen LogP contribution < -0.4 is 10.6 Å². The monoisotopic (exact) mass is 248 g/mol. The average molecular weight is 248 g/mol. The molecule has 0 aliphatic rings. The van der Waals surface area contributed by atoms with E-state index < -0.39 is 0 Å². The zero-order valence-corrected chi connectivity index (χ0v) is 11.5. The Morgan fingerprint density at radius 3 is 2.50 bits per heavy atom. The Hall–Kier alpha value is -1.35. The predicted molar refractivity (Wildman–Crippen MR) is 75.4 cm³/mol. The van der Waals surface area contributed by atoms with Crippen molar-refractivity contribution in [2.45, 2.75) is 39.7 Å². The van der Waals surface area contributed by atoms with E-state index in [2.05, 4.69) is 48.7 Å². The Morgan fingerprint density at radius 1 is 1.11 bits per heavy atom. The van der Waals surface area contributed by atoms with Crippen LogP contribution in [0.15, 0.2) is 24.3 Å². The van der Waals surface area contributed by atoms with Gasteiger partial charge in [-0.2, -0.15) is 0 Å². The molecule has 1 amide bonds. The standard InChI is InChI=1S/C15H24N2O/c1-3-10-17-15(18)9-11-16-12-14-8-6-5-7-13(14)4-2/h5-8,16H,3-4,9-12H2,1-2H3,(H,17,18). The van der Waals surface area contributed by atoms with Gasteiger partial charge >= 0.3 is 0 Å². The molecule has 1 rings (SSSR count).